The van der Waals surface area contributed by atoms with Crippen LogP contribution in [0, 0.1) is 11.6 Å². The first-order valence-corrected chi connectivity index (χ1v) is 5.59. The third-order valence-electron chi connectivity index (χ3n) is 2.00. The minimum Gasteiger partial charge on any atom is -0.301 e. The molecule has 92 valence electrons. The van der Waals surface area contributed by atoms with E-state index in [-0.39, 0.29) is 15.6 Å². The van der Waals surface area contributed by atoms with Gasteiger partial charge in [-0.05, 0) is 23.9 Å². The normalized spacial score (nSPS) is 10.3. The highest BCUT2D eigenvalue weighted by atomic mass is 32.2. The Hall–Kier alpha value is -2.02. The number of hydrogen-bond donors (Lipinski definition) is 1. The van der Waals surface area contributed by atoms with Gasteiger partial charge in [0.25, 0.3) is 5.56 Å². The van der Waals surface area contributed by atoms with Gasteiger partial charge in [0.15, 0.2) is 5.16 Å². The molecule has 0 saturated heterocycles. The van der Waals surface area contributed by atoms with Crippen molar-refractivity contribution < 1.29 is 13.6 Å². The molecule has 0 unspecified atom stereocenters. The molecule has 0 fully saturated rings. The zero-order valence-electron chi connectivity index (χ0n) is 8.81. The van der Waals surface area contributed by atoms with E-state index in [1.54, 1.807) is 0 Å². The number of benzene rings is 1. The summed E-state index contributed by atoms with van der Waals surface area (Å²) in [5.74, 6) is -1.76. The molecule has 0 aliphatic heterocycles. The average molecular weight is 268 g/mol. The van der Waals surface area contributed by atoms with E-state index in [1.807, 2.05) is 0 Å². The summed E-state index contributed by atoms with van der Waals surface area (Å²) in [6, 6.07) is 3.02. The van der Waals surface area contributed by atoms with Crippen molar-refractivity contribution in [2.75, 3.05) is 0 Å². The zero-order chi connectivity index (χ0) is 13.1. The lowest BCUT2D eigenvalue weighted by Crippen LogP contribution is -2.05. The number of aromatic amines is 1. The number of nitrogens with zero attached hydrogens (tertiary/aromatic N) is 1. The largest absolute Gasteiger partial charge is 0.301 e. The topological polar surface area (TPSA) is 62.8 Å². The van der Waals surface area contributed by atoms with Crippen molar-refractivity contribution in [2.24, 2.45) is 0 Å². The highest BCUT2D eigenvalue weighted by Gasteiger charge is 2.13. The number of rotatable bonds is 3. The monoisotopic (exact) mass is 268 g/mol. The second-order valence-corrected chi connectivity index (χ2v) is 4.27. The molecule has 0 aliphatic carbocycles. The summed E-state index contributed by atoms with van der Waals surface area (Å²) in [7, 11) is 0. The summed E-state index contributed by atoms with van der Waals surface area (Å²) in [6.07, 6.45) is 1.58. The Labute approximate surface area is 104 Å². The molecule has 2 rings (SSSR count). The van der Waals surface area contributed by atoms with E-state index in [4.69, 9.17) is 0 Å². The molecule has 0 atom stereocenters. The predicted molar refractivity (Wildman–Crippen MR) is 60.7 cm³/mol. The van der Waals surface area contributed by atoms with Crippen LogP contribution >= 0.6 is 11.8 Å². The first kappa shape index (κ1) is 12.4. The maximum absolute atomic E-state index is 13.5. The smallest absolute Gasteiger partial charge is 0.251 e. The molecule has 0 spiro atoms. The van der Waals surface area contributed by atoms with Gasteiger partial charge >= 0.3 is 0 Å². The Morgan fingerprint density at radius 3 is 2.50 bits per heavy atom. The van der Waals surface area contributed by atoms with Crippen LogP contribution < -0.4 is 5.56 Å². The number of halogens is 2. The third kappa shape index (κ3) is 2.62. The molecule has 4 nitrogen and oxygen atoms in total. The second kappa shape index (κ2) is 5.09. The van der Waals surface area contributed by atoms with Gasteiger partial charge in [0.2, 0.25) is 0 Å². The Bertz CT molecular complexity index is 634. The molecule has 0 amide bonds. The van der Waals surface area contributed by atoms with Crippen molar-refractivity contribution in [2.45, 2.75) is 10.1 Å². The van der Waals surface area contributed by atoms with Crippen molar-refractivity contribution in [3.8, 4) is 0 Å². The van der Waals surface area contributed by atoms with E-state index in [9.17, 15) is 18.4 Å². The first-order valence-electron chi connectivity index (χ1n) is 4.77. The van der Waals surface area contributed by atoms with Gasteiger partial charge in [-0.15, -0.1) is 0 Å². The van der Waals surface area contributed by atoms with Crippen LogP contribution in [0.15, 0.2) is 39.2 Å². The van der Waals surface area contributed by atoms with E-state index >= 15 is 0 Å². The van der Waals surface area contributed by atoms with Crippen molar-refractivity contribution in [1.29, 1.82) is 0 Å². The van der Waals surface area contributed by atoms with Gasteiger partial charge < -0.3 is 4.98 Å². The lowest BCUT2D eigenvalue weighted by atomic mass is 10.2. The fourth-order valence-corrected chi connectivity index (χ4v) is 2.02. The van der Waals surface area contributed by atoms with E-state index in [0.717, 1.165) is 12.1 Å². The summed E-state index contributed by atoms with van der Waals surface area (Å²) < 4.78 is 27.1. The third-order valence-corrected chi connectivity index (χ3v) is 3.00. The molecular weight excluding hydrogens is 262 g/mol. The molecule has 1 aromatic heterocycles. The molecule has 1 aromatic carbocycles. The summed E-state index contributed by atoms with van der Waals surface area (Å²) in [5, 5.41) is 0.0687. The summed E-state index contributed by atoms with van der Waals surface area (Å²) in [6.45, 7) is 0. The van der Waals surface area contributed by atoms with E-state index in [1.165, 1.54) is 12.3 Å². The van der Waals surface area contributed by atoms with Crippen molar-refractivity contribution >= 4 is 18.0 Å². The molecule has 0 aliphatic rings. The Morgan fingerprint density at radius 1 is 1.28 bits per heavy atom. The van der Waals surface area contributed by atoms with E-state index < -0.39 is 17.2 Å². The van der Waals surface area contributed by atoms with Crippen LogP contribution in [0.2, 0.25) is 0 Å². The van der Waals surface area contributed by atoms with Gasteiger partial charge in [-0.2, -0.15) is 0 Å². The average Bonchev–Trinajstić information content (AvgIpc) is 2.33. The van der Waals surface area contributed by atoms with E-state index in [0.29, 0.717) is 18.0 Å². The molecule has 1 N–H and O–H groups in total. The lowest BCUT2D eigenvalue weighted by molar-refractivity contribution is 0.112. The van der Waals surface area contributed by atoms with Crippen LogP contribution in [0.1, 0.15) is 10.4 Å². The molecular formula is C11H6F2N2O2S. The number of aromatic nitrogens is 2. The summed E-state index contributed by atoms with van der Waals surface area (Å²) in [4.78, 5) is 27.2. The van der Waals surface area contributed by atoms with Crippen LogP contribution in [0.25, 0.3) is 0 Å². The number of H-pyrrole nitrogens is 1. The first-order chi connectivity index (χ1) is 8.60. The Kier molecular flexibility index (Phi) is 3.52. The lowest BCUT2D eigenvalue weighted by Gasteiger charge is -2.04. The number of aldehydes is 1. The summed E-state index contributed by atoms with van der Waals surface area (Å²) in [5.41, 5.74) is -0.512. The maximum Gasteiger partial charge on any atom is 0.251 e. The number of carbonyl (C=O) groups is 1. The van der Waals surface area contributed by atoms with Gasteiger partial charge in [-0.1, -0.05) is 0 Å². The molecule has 0 radical (unpaired) electrons. The molecule has 7 heteroatoms. The summed E-state index contributed by atoms with van der Waals surface area (Å²) >= 11 is 0.642. The minimum atomic E-state index is -0.881. The number of carbonyl (C=O) groups excluding carboxylic acids is 1. The quantitative estimate of drug-likeness (QED) is 0.683. The highest BCUT2D eigenvalue weighted by Crippen LogP contribution is 2.29. The van der Waals surface area contributed by atoms with Gasteiger partial charge in [-0.3, -0.25) is 9.59 Å². The van der Waals surface area contributed by atoms with Crippen LogP contribution in [0.4, 0.5) is 8.78 Å². The van der Waals surface area contributed by atoms with Gasteiger partial charge in [0.1, 0.15) is 17.9 Å². The Morgan fingerprint density at radius 2 is 1.94 bits per heavy atom. The fourth-order valence-electron chi connectivity index (χ4n) is 1.25. The van der Waals surface area contributed by atoms with Crippen LogP contribution in [0.3, 0.4) is 0 Å². The fraction of sp³-hybridized carbons (Fsp3) is 0. The molecule has 2 aromatic rings. The van der Waals surface area contributed by atoms with Gasteiger partial charge in [0, 0.05) is 17.8 Å². The predicted octanol–water partition coefficient (Wildman–Crippen LogP) is 2.01. The zero-order valence-corrected chi connectivity index (χ0v) is 9.63. The molecule has 18 heavy (non-hydrogen) atoms. The molecule has 0 saturated carbocycles. The van der Waals surface area contributed by atoms with E-state index in [2.05, 4.69) is 9.97 Å². The molecule has 0 bridgehead atoms. The van der Waals surface area contributed by atoms with Crippen molar-refractivity contribution in [3.63, 3.8) is 0 Å². The maximum atomic E-state index is 13.5. The number of nitrogens with one attached hydrogen (secondary N) is 1. The standard InChI is InChI=1S/C11H6F2N2O2S/c12-7-3-6(5-16)4-8(13)10(7)18-11-14-2-1-9(17)15-11/h1-5H,(H,14,15,17). The highest BCUT2D eigenvalue weighted by molar-refractivity contribution is 7.99. The van der Waals surface area contributed by atoms with Crippen LogP contribution in [0.5, 0.6) is 0 Å². The SMILES string of the molecule is O=Cc1cc(F)c(Sc2nccc(=O)[nH]2)c(F)c1. The van der Waals surface area contributed by atoms with Gasteiger partial charge in [-0.25, -0.2) is 13.8 Å². The number of hydrogen-bond acceptors (Lipinski definition) is 4. The molecule has 1 heterocycles. The minimum absolute atomic E-state index is 0.0687. The Balaban J connectivity index is 2.40. The van der Waals surface area contributed by atoms with Crippen molar-refractivity contribution in [1.82, 2.24) is 9.97 Å². The van der Waals surface area contributed by atoms with Gasteiger partial charge in [0.05, 0.1) is 4.90 Å². The van der Waals surface area contributed by atoms with Crippen LogP contribution in [-0.2, 0) is 0 Å². The second-order valence-electron chi connectivity index (χ2n) is 3.27. The van der Waals surface area contributed by atoms with Crippen LogP contribution in [-0.4, -0.2) is 16.3 Å². The van der Waals surface area contributed by atoms with Crippen molar-refractivity contribution in [3.05, 3.63) is 51.9 Å².